The van der Waals surface area contributed by atoms with E-state index in [1.807, 2.05) is 6.07 Å². The monoisotopic (exact) mass is 262 g/mol. The summed E-state index contributed by atoms with van der Waals surface area (Å²) in [6.45, 7) is 0. The minimum absolute atomic E-state index is 0.228. The normalized spacial score (nSPS) is 24.4. The Labute approximate surface area is 119 Å². The highest BCUT2D eigenvalue weighted by molar-refractivity contribution is 5.88. The first-order chi connectivity index (χ1) is 9.83. The Morgan fingerprint density at radius 3 is 2.10 bits per heavy atom. The van der Waals surface area contributed by atoms with Crippen LogP contribution < -0.4 is 0 Å². The van der Waals surface area contributed by atoms with Crippen molar-refractivity contribution in [3.63, 3.8) is 0 Å². The largest absolute Gasteiger partial charge is 0.299 e. The summed E-state index contributed by atoms with van der Waals surface area (Å²) >= 11 is 0. The van der Waals surface area contributed by atoms with Crippen LogP contribution in [0.25, 0.3) is 0 Å². The number of hydrogen-bond acceptors (Lipinski definition) is 1. The number of rotatable bonds is 3. The molecule has 0 aliphatic heterocycles. The minimum atomic E-state index is 0.228. The molecule has 20 heavy (non-hydrogen) atoms. The SMILES string of the molecule is O=C(C1Cc2ccccc2C1)C1CC1c1ccccc1. The molecule has 0 spiro atoms. The molecule has 0 saturated heterocycles. The molecule has 0 amide bonds. The molecule has 2 atom stereocenters. The fraction of sp³-hybridized carbons (Fsp3) is 0.316. The van der Waals surface area contributed by atoms with Gasteiger partial charge in [-0.1, -0.05) is 54.6 Å². The molecule has 1 heteroatoms. The number of hydrogen-bond donors (Lipinski definition) is 0. The van der Waals surface area contributed by atoms with Gasteiger partial charge >= 0.3 is 0 Å². The number of fused-ring (bicyclic) bond motifs is 1. The zero-order valence-corrected chi connectivity index (χ0v) is 11.5. The molecule has 1 saturated carbocycles. The Hall–Kier alpha value is -1.89. The van der Waals surface area contributed by atoms with Crippen LogP contribution in [0.5, 0.6) is 0 Å². The van der Waals surface area contributed by atoms with Gasteiger partial charge in [0.05, 0.1) is 0 Å². The van der Waals surface area contributed by atoms with Crippen LogP contribution in [-0.2, 0) is 17.6 Å². The van der Waals surface area contributed by atoms with E-state index in [9.17, 15) is 4.79 Å². The lowest BCUT2D eigenvalue weighted by Crippen LogP contribution is -2.17. The molecule has 0 aromatic heterocycles. The minimum Gasteiger partial charge on any atom is -0.299 e. The highest BCUT2D eigenvalue weighted by Gasteiger charge is 2.46. The highest BCUT2D eigenvalue weighted by atomic mass is 16.1. The maximum absolute atomic E-state index is 12.7. The third-order valence-electron chi connectivity index (χ3n) is 4.84. The molecule has 0 heterocycles. The van der Waals surface area contributed by atoms with Crippen LogP contribution >= 0.6 is 0 Å². The van der Waals surface area contributed by atoms with Crippen molar-refractivity contribution in [1.82, 2.24) is 0 Å². The summed E-state index contributed by atoms with van der Waals surface area (Å²) in [5, 5.41) is 0. The lowest BCUT2D eigenvalue weighted by molar-refractivity contribution is -0.123. The molecule has 2 aliphatic rings. The Morgan fingerprint density at radius 2 is 1.45 bits per heavy atom. The first kappa shape index (κ1) is 11.9. The molecule has 0 N–H and O–H groups in total. The first-order valence-corrected chi connectivity index (χ1v) is 7.48. The van der Waals surface area contributed by atoms with Gasteiger partial charge in [0.15, 0.2) is 0 Å². The maximum Gasteiger partial charge on any atom is 0.140 e. The van der Waals surface area contributed by atoms with E-state index < -0.39 is 0 Å². The number of Topliss-reactive ketones (excluding diaryl/α,β-unsaturated/α-hetero) is 1. The van der Waals surface area contributed by atoms with E-state index in [2.05, 4.69) is 48.5 Å². The average molecular weight is 262 g/mol. The lowest BCUT2D eigenvalue weighted by Gasteiger charge is -2.07. The molecule has 2 unspecified atom stereocenters. The third-order valence-corrected chi connectivity index (χ3v) is 4.84. The summed E-state index contributed by atoms with van der Waals surface area (Å²) in [6.07, 6.45) is 2.95. The fourth-order valence-corrected chi connectivity index (χ4v) is 3.64. The Kier molecular flexibility index (Phi) is 2.73. The first-order valence-electron chi connectivity index (χ1n) is 7.48. The van der Waals surface area contributed by atoms with Gasteiger partial charge in [0.2, 0.25) is 0 Å². The van der Waals surface area contributed by atoms with Gasteiger partial charge in [-0.2, -0.15) is 0 Å². The predicted octanol–water partition coefficient (Wildman–Crippen LogP) is 3.77. The topological polar surface area (TPSA) is 17.1 Å². The maximum atomic E-state index is 12.7. The fourth-order valence-electron chi connectivity index (χ4n) is 3.64. The van der Waals surface area contributed by atoms with Crippen LogP contribution in [0.15, 0.2) is 54.6 Å². The Morgan fingerprint density at radius 1 is 0.850 bits per heavy atom. The summed E-state index contributed by atoms with van der Waals surface area (Å²) in [4.78, 5) is 12.7. The van der Waals surface area contributed by atoms with E-state index in [0.717, 1.165) is 19.3 Å². The molecule has 2 aromatic carbocycles. The number of benzene rings is 2. The second-order valence-electron chi connectivity index (χ2n) is 6.14. The second-order valence-corrected chi connectivity index (χ2v) is 6.14. The van der Waals surface area contributed by atoms with Crippen molar-refractivity contribution in [2.24, 2.45) is 11.8 Å². The van der Waals surface area contributed by atoms with Crippen molar-refractivity contribution >= 4 is 5.78 Å². The van der Waals surface area contributed by atoms with E-state index in [0.29, 0.717) is 11.7 Å². The number of ketones is 1. The van der Waals surface area contributed by atoms with Gasteiger partial charge < -0.3 is 0 Å². The highest BCUT2D eigenvalue weighted by Crippen LogP contribution is 2.50. The zero-order chi connectivity index (χ0) is 13.5. The standard InChI is InChI=1S/C19H18O/c20-19(16-10-14-8-4-5-9-15(14)11-16)18-12-17(18)13-6-2-1-3-7-13/h1-9,16-18H,10-12H2. The van der Waals surface area contributed by atoms with Crippen LogP contribution in [0, 0.1) is 11.8 Å². The van der Waals surface area contributed by atoms with Gasteiger partial charge in [-0.05, 0) is 41.9 Å². The van der Waals surface area contributed by atoms with Crippen LogP contribution in [0.2, 0.25) is 0 Å². The molecular formula is C19H18O. The summed E-state index contributed by atoms with van der Waals surface area (Å²) < 4.78 is 0. The summed E-state index contributed by atoms with van der Waals surface area (Å²) in [7, 11) is 0. The lowest BCUT2D eigenvalue weighted by atomic mass is 9.95. The molecule has 2 aliphatic carbocycles. The van der Waals surface area contributed by atoms with Gasteiger partial charge in [0.25, 0.3) is 0 Å². The average Bonchev–Trinajstić information content (AvgIpc) is 3.18. The van der Waals surface area contributed by atoms with Crippen molar-refractivity contribution in [3.05, 3.63) is 71.3 Å². The molecule has 2 aromatic rings. The van der Waals surface area contributed by atoms with E-state index in [4.69, 9.17) is 0 Å². The second kappa shape index (κ2) is 4.59. The number of carbonyl (C=O) groups excluding carboxylic acids is 1. The molecule has 100 valence electrons. The van der Waals surface area contributed by atoms with Gasteiger partial charge in [0, 0.05) is 11.8 Å². The van der Waals surface area contributed by atoms with E-state index in [-0.39, 0.29) is 11.8 Å². The summed E-state index contributed by atoms with van der Waals surface area (Å²) in [5.41, 5.74) is 4.09. The smallest absolute Gasteiger partial charge is 0.140 e. The van der Waals surface area contributed by atoms with Crippen molar-refractivity contribution < 1.29 is 4.79 Å². The van der Waals surface area contributed by atoms with Crippen molar-refractivity contribution in [2.75, 3.05) is 0 Å². The Bertz CT molecular complexity index is 619. The van der Waals surface area contributed by atoms with E-state index in [1.54, 1.807) is 0 Å². The summed E-state index contributed by atoms with van der Waals surface area (Å²) in [5.74, 6) is 1.48. The van der Waals surface area contributed by atoms with Gasteiger partial charge in [-0.25, -0.2) is 0 Å². The van der Waals surface area contributed by atoms with Crippen LogP contribution in [0.4, 0.5) is 0 Å². The molecular weight excluding hydrogens is 244 g/mol. The predicted molar refractivity (Wildman–Crippen MR) is 79.6 cm³/mol. The van der Waals surface area contributed by atoms with Crippen LogP contribution in [-0.4, -0.2) is 5.78 Å². The van der Waals surface area contributed by atoms with Crippen molar-refractivity contribution in [1.29, 1.82) is 0 Å². The van der Waals surface area contributed by atoms with E-state index in [1.165, 1.54) is 16.7 Å². The van der Waals surface area contributed by atoms with Gasteiger partial charge in [-0.3, -0.25) is 4.79 Å². The van der Waals surface area contributed by atoms with E-state index >= 15 is 0 Å². The van der Waals surface area contributed by atoms with Crippen LogP contribution in [0.3, 0.4) is 0 Å². The van der Waals surface area contributed by atoms with Crippen LogP contribution in [0.1, 0.15) is 29.0 Å². The van der Waals surface area contributed by atoms with Gasteiger partial charge in [-0.15, -0.1) is 0 Å². The molecule has 0 radical (unpaired) electrons. The van der Waals surface area contributed by atoms with Crippen molar-refractivity contribution in [3.8, 4) is 0 Å². The van der Waals surface area contributed by atoms with Crippen molar-refractivity contribution in [2.45, 2.75) is 25.2 Å². The van der Waals surface area contributed by atoms with Gasteiger partial charge in [0.1, 0.15) is 5.78 Å². The third kappa shape index (κ3) is 1.98. The number of carbonyl (C=O) groups is 1. The summed E-state index contributed by atoms with van der Waals surface area (Å²) in [6, 6.07) is 19.0. The molecule has 1 fully saturated rings. The molecule has 4 rings (SSSR count). The molecule has 0 bridgehead atoms. The zero-order valence-electron chi connectivity index (χ0n) is 11.5. The quantitative estimate of drug-likeness (QED) is 0.823. The molecule has 1 nitrogen and oxygen atoms in total. The Balaban J connectivity index is 1.46.